The smallest absolute Gasteiger partial charge is 0.409 e. The van der Waals surface area contributed by atoms with Gasteiger partial charge >= 0.3 is 6.09 Å². The Morgan fingerprint density at radius 2 is 2.12 bits per heavy atom. The highest BCUT2D eigenvalue weighted by Gasteiger charge is 2.21. The monoisotopic (exact) mass is 235 g/mol. The van der Waals surface area contributed by atoms with Gasteiger partial charge in [0.1, 0.15) is 0 Å². The summed E-state index contributed by atoms with van der Waals surface area (Å²) in [7, 11) is 1.42. The molecule has 0 radical (unpaired) electrons. The molecule has 2 heterocycles. The highest BCUT2D eigenvalue weighted by atomic mass is 16.5. The molecule has 1 aliphatic rings. The molecule has 0 aromatic carbocycles. The summed E-state index contributed by atoms with van der Waals surface area (Å²) in [6.07, 6.45) is 1.57. The van der Waals surface area contributed by atoms with Crippen molar-refractivity contribution < 1.29 is 9.53 Å². The van der Waals surface area contributed by atoms with E-state index in [2.05, 4.69) is 9.88 Å². The zero-order valence-electron chi connectivity index (χ0n) is 10.0. The standard InChI is InChI=1S/C12H17N3O2/c1-17-12(16)15-8-6-14(7-9-15)10-11-4-2-3-5-13-11/h2-5H,6-10H2,1H3. The predicted molar refractivity (Wildman–Crippen MR) is 63.5 cm³/mol. The molecule has 1 fully saturated rings. The molecule has 0 saturated carbocycles. The number of piperazine rings is 1. The molecule has 0 N–H and O–H groups in total. The van der Waals surface area contributed by atoms with E-state index in [9.17, 15) is 4.79 Å². The Morgan fingerprint density at radius 3 is 2.71 bits per heavy atom. The van der Waals surface area contributed by atoms with Crippen LogP contribution in [-0.4, -0.2) is 54.2 Å². The van der Waals surface area contributed by atoms with Gasteiger partial charge < -0.3 is 9.64 Å². The summed E-state index contributed by atoms with van der Waals surface area (Å²) in [4.78, 5) is 19.6. The van der Waals surface area contributed by atoms with E-state index in [1.165, 1.54) is 7.11 Å². The first-order chi connectivity index (χ1) is 8.29. The van der Waals surface area contributed by atoms with Gasteiger partial charge in [0, 0.05) is 38.9 Å². The van der Waals surface area contributed by atoms with Crippen LogP contribution in [0.5, 0.6) is 0 Å². The fraction of sp³-hybridized carbons (Fsp3) is 0.500. The van der Waals surface area contributed by atoms with E-state index in [4.69, 9.17) is 4.74 Å². The molecule has 17 heavy (non-hydrogen) atoms. The van der Waals surface area contributed by atoms with Crippen molar-refractivity contribution in [2.75, 3.05) is 33.3 Å². The van der Waals surface area contributed by atoms with Crippen molar-refractivity contribution in [2.24, 2.45) is 0 Å². The van der Waals surface area contributed by atoms with Gasteiger partial charge in [-0.2, -0.15) is 0 Å². The van der Waals surface area contributed by atoms with Crippen LogP contribution >= 0.6 is 0 Å². The van der Waals surface area contributed by atoms with Crippen LogP contribution in [0.25, 0.3) is 0 Å². The molecule has 2 rings (SSSR count). The minimum absolute atomic E-state index is 0.234. The van der Waals surface area contributed by atoms with Crippen LogP contribution in [0.2, 0.25) is 0 Å². The minimum atomic E-state index is -0.234. The van der Waals surface area contributed by atoms with Crippen LogP contribution in [0.15, 0.2) is 24.4 Å². The maximum absolute atomic E-state index is 11.3. The second-order valence-corrected chi connectivity index (χ2v) is 4.05. The molecule has 1 amide bonds. The second-order valence-electron chi connectivity index (χ2n) is 4.05. The first kappa shape index (κ1) is 11.9. The molecule has 92 valence electrons. The van der Waals surface area contributed by atoms with Gasteiger partial charge in [0.25, 0.3) is 0 Å². The number of methoxy groups -OCH3 is 1. The van der Waals surface area contributed by atoms with E-state index in [-0.39, 0.29) is 6.09 Å². The summed E-state index contributed by atoms with van der Waals surface area (Å²) in [5.41, 5.74) is 1.07. The molecule has 5 nitrogen and oxygen atoms in total. The molecule has 1 aromatic rings. The van der Waals surface area contributed by atoms with Gasteiger partial charge in [-0.1, -0.05) is 6.07 Å². The van der Waals surface area contributed by atoms with E-state index in [1.54, 1.807) is 11.1 Å². The molecule has 1 saturated heterocycles. The number of pyridine rings is 1. The van der Waals surface area contributed by atoms with Crippen molar-refractivity contribution >= 4 is 6.09 Å². The average Bonchev–Trinajstić information content (AvgIpc) is 2.40. The number of rotatable bonds is 2. The van der Waals surface area contributed by atoms with Crippen LogP contribution < -0.4 is 0 Å². The van der Waals surface area contributed by atoms with Crippen molar-refractivity contribution in [1.29, 1.82) is 0 Å². The molecular weight excluding hydrogens is 218 g/mol. The average molecular weight is 235 g/mol. The van der Waals surface area contributed by atoms with Crippen LogP contribution in [0, 0.1) is 0 Å². The third-order valence-electron chi connectivity index (χ3n) is 2.92. The number of hydrogen-bond donors (Lipinski definition) is 0. The summed E-state index contributed by atoms with van der Waals surface area (Å²) in [6.45, 7) is 4.02. The SMILES string of the molecule is COC(=O)N1CCN(Cc2ccccn2)CC1. The van der Waals surface area contributed by atoms with E-state index < -0.39 is 0 Å². The van der Waals surface area contributed by atoms with Crippen LogP contribution in [0.4, 0.5) is 4.79 Å². The number of carbonyl (C=O) groups excluding carboxylic acids is 1. The molecule has 0 bridgehead atoms. The van der Waals surface area contributed by atoms with Gasteiger partial charge in [-0.05, 0) is 12.1 Å². The number of hydrogen-bond acceptors (Lipinski definition) is 4. The van der Waals surface area contributed by atoms with Crippen LogP contribution in [-0.2, 0) is 11.3 Å². The summed E-state index contributed by atoms with van der Waals surface area (Å²) in [6, 6.07) is 5.93. The number of aromatic nitrogens is 1. The molecule has 0 atom stereocenters. The van der Waals surface area contributed by atoms with Crippen molar-refractivity contribution in [3.05, 3.63) is 30.1 Å². The highest BCUT2D eigenvalue weighted by molar-refractivity contribution is 5.67. The normalized spacial score (nSPS) is 16.9. The maximum atomic E-state index is 11.3. The number of amides is 1. The Hall–Kier alpha value is -1.62. The molecule has 1 aromatic heterocycles. The Balaban J connectivity index is 1.82. The summed E-state index contributed by atoms with van der Waals surface area (Å²) >= 11 is 0. The summed E-state index contributed by atoms with van der Waals surface area (Å²) in [5, 5.41) is 0. The van der Waals surface area contributed by atoms with E-state index >= 15 is 0 Å². The van der Waals surface area contributed by atoms with Gasteiger partial charge in [-0.15, -0.1) is 0 Å². The Morgan fingerprint density at radius 1 is 1.35 bits per heavy atom. The fourth-order valence-electron chi connectivity index (χ4n) is 1.94. The highest BCUT2D eigenvalue weighted by Crippen LogP contribution is 2.07. The fourth-order valence-corrected chi connectivity index (χ4v) is 1.94. The third-order valence-corrected chi connectivity index (χ3v) is 2.92. The van der Waals surface area contributed by atoms with Gasteiger partial charge in [-0.3, -0.25) is 9.88 Å². The molecule has 0 unspecified atom stereocenters. The Labute approximate surface area is 101 Å². The van der Waals surface area contributed by atoms with Crippen LogP contribution in [0.3, 0.4) is 0 Å². The van der Waals surface area contributed by atoms with Crippen molar-refractivity contribution in [1.82, 2.24) is 14.8 Å². The van der Waals surface area contributed by atoms with E-state index in [1.807, 2.05) is 18.2 Å². The lowest BCUT2D eigenvalue weighted by Crippen LogP contribution is -2.48. The molecule has 0 aliphatic carbocycles. The first-order valence-electron chi connectivity index (χ1n) is 5.75. The van der Waals surface area contributed by atoms with E-state index in [0.717, 1.165) is 38.4 Å². The summed E-state index contributed by atoms with van der Waals surface area (Å²) in [5.74, 6) is 0. The lowest BCUT2D eigenvalue weighted by molar-refractivity contribution is 0.0885. The van der Waals surface area contributed by atoms with E-state index in [0.29, 0.717) is 0 Å². The molecule has 1 aliphatic heterocycles. The van der Waals surface area contributed by atoms with Gasteiger partial charge in [-0.25, -0.2) is 4.79 Å². The molecule has 0 spiro atoms. The largest absolute Gasteiger partial charge is 0.453 e. The predicted octanol–water partition coefficient (Wildman–Crippen LogP) is 0.966. The first-order valence-corrected chi connectivity index (χ1v) is 5.75. The minimum Gasteiger partial charge on any atom is -0.453 e. The van der Waals surface area contributed by atoms with Crippen molar-refractivity contribution in [2.45, 2.75) is 6.54 Å². The second kappa shape index (κ2) is 5.63. The molecule has 5 heteroatoms. The zero-order chi connectivity index (χ0) is 12.1. The lowest BCUT2D eigenvalue weighted by atomic mass is 10.3. The quantitative estimate of drug-likeness (QED) is 0.766. The zero-order valence-corrected chi connectivity index (χ0v) is 10.0. The number of ether oxygens (including phenoxy) is 1. The summed E-state index contributed by atoms with van der Waals surface area (Å²) < 4.78 is 4.70. The van der Waals surface area contributed by atoms with Gasteiger partial charge in [0.15, 0.2) is 0 Å². The third kappa shape index (κ3) is 3.17. The van der Waals surface area contributed by atoms with Crippen molar-refractivity contribution in [3.63, 3.8) is 0 Å². The van der Waals surface area contributed by atoms with Gasteiger partial charge in [0.05, 0.1) is 12.8 Å². The molecular formula is C12H17N3O2. The number of carbonyl (C=O) groups is 1. The Bertz CT molecular complexity index is 361. The van der Waals surface area contributed by atoms with Gasteiger partial charge in [0.2, 0.25) is 0 Å². The van der Waals surface area contributed by atoms with Crippen LogP contribution in [0.1, 0.15) is 5.69 Å². The lowest BCUT2D eigenvalue weighted by Gasteiger charge is -2.33. The topological polar surface area (TPSA) is 45.7 Å². The maximum Gasteiger partial charge on any atom is 0.409 e. The van der Waals surface area contributed by atoms with Crippen molar-refractivity contribution in [3.8, 4) is 0 Å². The Kier molecular flexibility index (Phi) is 3.93. The number of nitrogens with zero attached hydrogens (tertiary/aromatic N) is 3.